The van der Waals surface area contributed by atoms with Gasteiger partial charge in [-0.2, -0.15) is 0 Å². The van der Waals surface area contributed by atoms with E-state index in [0.29, 0.717) is 25.7 Å². The molecule has 0 bridgehead atoms. The summed E-state index contributed by atoms with van der Waals surface area (Å²) in [6, 6.07) is 0. The van der Waals surface area contributed by atoms with Crippen LogP contribution < -0.4 is 0 Å². The Bertz CT molecular complexity index is 182. The van der Waals surface area contributed by atoms with Gasteiger partial charge in [0.1, 0.15) is 0 Å². The van der Waals surface area contributed by atoms with Crippen LogP contribution in [0.15, 0.2) is 0 Å². The number of unbranched alkanes of at least 4 members (excludes halogenated alkanes) is 2. The van der Waals surface area contributed by atoms with E-state index in [4.69, 9.17) is 9.47 Å². The number of carbonyl (C=O) groups excluding carboxylic acids is 1. The van der Waals surface area contributed by atoms with Crippen molar-refractivity contribution in [1.82, 2.24) is 0 Å². The molecule has 0 amide bonds. The zero-order chi connectivity index (χ0) is 12.9. The Hall–Kier alpha value is -0.610. The highest BCUT2D eigenvalue weighted by Crippen LogP contribution is 2.01. The summed E-state index contributed by atoms with van der Waals surface area (Å²) in [6.45, 7) is 6.23. The van der Waals surface area contributed by atoms with Gasteiger partial charge in [0, 0.05) is 13.0 Å². The average Bonchev–Trinajstić information content (AvgIpc) is 2.35. The first-order chi connectivity index (χ1) is 8.20. The maximum atomic E-state index is 10.8. The largest absolute Gasteiger partial charge is 0.469 e. The summed E-state index contributed by atoms with van der Waals surface area (Å²) < 4.78 is 15.5. The molecule has 0 fully saturated rings. The highest BCUT2D eigenvalue weighted by Gasteiger charge is 1.99. The molecule has 4 heteroatoms. The van der Waals surface area contributed by atoms with E-state index in [0.717, 1.165) is 32.3 Å². The lowest BCUT2D eigenvalue weighted by Crippen LogP contribution is -2.12. The van der Waals surface area contributed by atoms with Crippen molar-refractivity contribution in [2.45, 2.75) is 52.1 Å². The van der Waals surface area contributed by atoms with Crippen molar-refractivity contribution in [2.24, 2.45) is 0 Å². The fraction of sp³-hybridized carbons (Fsp3) is 0.923. The molecule has 1 atom stereocenters. The number of ether oxygens (including phenoxy) is 3. The number of esters is 1. The van der Waals surface area contributed by atoms with Gasteiger partial charge in [0.05, 0.1) is 26.4 Å². The molecule has 1 unspecified atom stereocenters. The van der Waals surface area contributed by atoms with E-state index in [9.17, 15) is 4.79 Å². The second-order valence-corrected chi connectivity index (χ2v) is 4.09. The topological polar surface area (TPSA) is 44.8 Å². The summed E-state index contributed by atoms with van der Waals surface area (Å²) in [6.07, 6.45) is 4.72. The molecule has 0 aromatic carbocycles. The summed E-state index contributed by atoms with van der Waals surface area (Å²) in [5.74, 6) is -0.132. The Morgan fingerprint density at radius 1 is 1.12 bits per heavy atom. The van der Waals surface area contributed by atoms with Crippen LogP contribution in [0.4, 0.5) is 0 Å². The number of methoxy groups -OCH3 is 1. The average molecular weight is 246 g/mol. The minimum Gasteiger partial charge on any atom is -0.469 e. The molecule has 0 aliphatic carbocycles. The van der Waals surface area contributed by atoms with E-state index in [1.54, 1.807) is 0 Å². The molecule has 0 heterocycles. The van der Waals surface area contributed by atoms with E-state index >= 15 is 0 Å². The first-order valence-electron chi connectivity index (χ1n) is 6.46. The van der Waals surface area contributed by atoms with Gasteiger partial charge in [-0.15, -0.1) is 0 Å². The predicted octanol–water partition coefficient (Wildman–Crippen LogP) is 2.55. The van der Waals surface area contributed by atoms with Gasteiger partial charge in [-0.05, 0) is 26.2 Å². The Labute approximate surface area is 105 Å². The van der Waals surface area contributed by atoms with Gasteiger partial charge in [0.25, 0.3) is 0 Å². The van der Waals surface area contributed by atoms with E-state index < -0.39 is 0 Å². The first kappa shape index (κ1) is 16.4. The number of hydrogen-bond acceptors (Lipinski definition) is 4. The van der Waals surface area contributed by atoms with Crippen LogP contribution in [0.3, 0.4) is 0 Å². The molecule has 4 nitrogen and oxygen atoms in total. The van der Waals surface area contributed by atoms with Gasteiger partial charge in [-0.3, -0.25) is 4.79 Å². The highest BCUT2D eigenvalue weighted by atomic mass is 16.5. The zero-order valence-electron chi connectivity index (χ0n) is 11.4. The van der Waals surface area contributed by atoms with Crippen molar-refractivity contribution < 1.29 is 19.0 Å². The molecule has 0 aliphatic heterocycles. The molecule has 17 heavy (non-hydrogen) atoms. The first-order valence-corrected chi connectivity index (χ1v) is 6.46. The van der Waals surface area contributed by atoms with Crippen molar-refractivity contribution in [3.8, 4) is 0 Å². The Balaban J connectivity index is 3.06. The van der Waals surface area contributed by atoms with Gasteiger partial charge in [0.2, 0.25) is 0 Å². The monoisotopic (exact) mass is 246 g/mol. The maximum Gasteiger partial charge on any atom is 0.305 e. The Morgan fingerprint density at radius 3 is 2.53 bits per heavy atom. The SMILES string of the molecule is CCC(C)OCCOCCCCCC(=O)OC. The van der Waals surface area contributed by atoms with Crippen LogP contribution in [0.1, 0.15) is 46.0 Å². The van der Waals surface area contributed by atoms with Crippen LogP contribution in [0.5, 0.6) is 0 Å². The van der Waals surface area contributed by atoms with E-state index in [1.807, 2.05) is 0 Å². The van der Waals surface area contributed by atoms with Crippen LogP contribution >= 0.6 is 0 Å². The van der Waals surface area contributed by atoms with E-state index in [2.05, 4.69) is 18.6 Å². The van der Waals surface area contributed by atoms with Gasteiger partial charge in [-0.25, -0.2) is 0 Å². The van der Waals surface area contributed by atoms with Gasteiger partial charge < -0.3 is 14.2 Å². The Morgan fingerprint density at radius 2 is 1.88 bits per heavy atom. The lowest BCUT2D eigenvalue weighted by Gasteiger charge is -2.10. The van der Waals surface area contributed by atoms with E-state index in [1.165, 1.54) is 7.11 Å². The van der Waals surface area contributed by atoms with Crippen LogP contribution in [-0.2, 0) is 19.0 Å². The normalized spacial score (nSPS) is 12.4. The predicted molar refractivity (Wildman–Crippen MR) is 67.0 cm³/mol. The van der Waals surface area contributed by atoms with Crippen molar-refractivity contribution in [3.05, 3.63) is 0 Å². The number of carbonyl (C=O) groups is 1. The van der Waals surface area contributed by atoms with Crippen LogP contribution in [0, 0.1) is 0 Å². The molecular formula is C13H26O4. The Kier molecular flexibility index (Phi) is 11.4. The second kappa shape index (κ2) is 11.9. The van der Waals surface area contributed by atoms with Crippen LogP contribution in [-0.4, -0.2) is 39.0 Å². The van der Waals surface area contributed by atoms with Crippen molar-refractivity contribution >= 4 is 5.97 Å². The molecule has 0 aliphatic rings. The molecular weight excluding hydrogens is 220 g/mol. The van der Waals surface area contributed by atoms with Crippen molar-refractivity contribution in [1.29, 1.82) is 0 Å². The summed E-state index contributed by atoms with van der Waals surface area (Å²) in [5, 5.41) is 0. The third-order valence-electron chi connectivity index (χ3n) is 2.60. The molecule has 0 saturated heterocycles. The molecule has 0 saturated carbocycles. The number of rotatable bonds is 11. The summed E-state index contributed by atoms with van der Waals surface area (Å²) >= 11 is 0. The third-order valence-corrected chi connectivity index (χ3v) is 2.60. The minimum atomic E-state index is -0.132. The molecule has 0 spiro atoms. The van der Waals surface area contributed by atoms with Gasteiger partial charge in [-0.1, -0.05) is 13.3 Å². The molecule has 0 aromatic rings. The molecule has 0 N–H and O–H groups in total. The molecule has 102 valence electrons. The minimum absolute atomic E-state index is 0.132. The zero-order valence-corrected chi connectivity index (χ0v) is 11.4. The highest BCUT2D eigenvalue weighted by molar-refractivity contribution is 5.68. The lowest BCUT2D eigenvalue weighted by atomic mass is 10.2. The summed E-state index contributed by atoms with van der Waals surface area (Å²) in [7, 11) is 1.42. The van der Waals surface area contributed by atoms with Crippen LogP contribution in [0.2, 0.25) is 0 Å². The van der Waals surface area contributed by atoms with Crippen molar-refractivity contribution in [3.63, 3.8) is 0 Å². The molecule has 0 aromatic heterocycles. The van der Waals surface area contributed by atoms with Gasteiger partial charge in [0.15, 0.2) is 0 Å². The fourth-order valence-corrected chi connectivity index (χ4v) is 1.28. The van der Waals surface area contributed by atoms with Crippen LogP contribution in [0.25, 0.3) is 0 Å². The smallest absolute Gasteiger partial charge is 0.305 e. The standard InChI is InChI=1S/C13H26O4/c1-4-12(2)17-11-10-16-9-7-5-6-8-13(14)15-3/h12H,4-11H2,1-3H3. The fourth-order valence-electron chi connectivity index (χ4n) is 1.28. The van der Waals surface area contributed by atoms with Crippen molar-refractivity contribution in [2.75, 3.05) is 26.9 Å². The third kappa shape index (κ3) is 11.6. The lowest BCUT2D eigenvalue weighted by molar-refractivity contribution is -0.140. The molecule has 0 rings (SSSR count). The molecule has 0 radical (unpaired) electrons. The summed E-state index contributed by atoms with van der Waals surface area (Å²) in [4.78, 5) is 10.8. The van der Waals surface area contributed by atoms with Gasteiger partial charge >= 0.3 is 5.97 Å². The van der Waals surface area contributed by atoms with E-state index in [-0.39, 0.29) is 5.97 Å². The quantitative estimate of drug-likeness (QED) is 0.415. The summed E-state index contributed by atoms with van der Waals surface area (Å²) in [5.41, 5.74) is 0. The number of hydrogen-bond donors (Lipinski definition) is 0. The second-order valence-electron chi connectivity index (χ2n) is 4.09. The maximum absolute atomic E-state index is 10.8.